The van der Waals surface area contributed by atoms with Crippen molar-refractivity contribution in [3.63, 3.8) is 0 Å². The van der Waals surface area contributed by atoms with Crippen LogP contribution in [0.2, 0.25) is 5.02 Å². The molecule has 1 aromatic heterocycles. The Labute approximate surface area is 112 Å². The standard InChI is InChI=1S/C11H13ClF3N3O/c1-5-8(12)9(11(13,14)15)17-18(5)6(2)10(19)16-7-3-4-7/h6-7H,3-4H2,1-2H3,(H,16,19)/t6-/m0/s1. The highest BCUT2D eigenvalue weighted by atomic mass is 35.5. The van der Waals surface area contributed by atoms with Crippen LogP contribution in [-0.4, -0.2) is 21.7 Å². The maximum atomic E-state index is 12.7. The smallest absolute Gasteiger partial charge is 0.352 e. The first kappa shape index (κ1) is 14.2. The number of nitrogens with zero attached hydrogens (tertiary/aromatic N) is 2. The summed E-state index contributed by atoms with van der Waals surface area (Å²) in [6.07, 6.45) is -2.81. The second-order valence-electron chi connectivity index (χ2n) is 4.65. The van der Waals surface area contributed by atoms with E-state index in [0.29, 0.717) is 0 Å². The molecule has 1 atom stereocenters. The molecule has 0 radical (unpaired) electrons. The summed E-state index contributed by atoms with van der Waals surface area (Å²) in [4.78, 5) is 11.8. The Morgan fingerprint density at radius 3 is 2.53 bits per heavy atom. The van der Waals surface area contributed by atoms with Crippen molar-refractivity contribution >= 4 is 17.5 Å². The highest BCUT2D eigenvalue weighted by Gasteiger charge is 2.39. The normalized spacial score (nSPS) is 17.4. The van der Waals surface area contributed by atoms with E-state index in [1.54, 1.807) is 0 Å². The zero-order chi connectivity index (χ0) is 14.4. The van der Waals surface area contributed by atoms with Crippen LogP contribution in [0.1, 0.15) is 37.2 Å². The second kappa shape index (κ2) is 4.70. The molecule has 106 valence electrons. The van der Waals surface area contributed by atoms with E-state index in [2.05, 4.69) is 10.4 Å². The van der Waals surface area contributed by atoms with Gasteiger partial charge < -0.3 is 5.32 Å². The van der Waals surface area contributed by atoms with Crippen LogP contribution in [0.4, 0.5) is 13.2 Å². The van der Waals surface area contributed by atoms with Crippen LogP contribution in [0.15, 0.2) is 0 Å². The Morgan fingerprint density at radius 2 is 2.11 bits per heavy atom. The van der Waals surface area contributed by atoms with E-state index in [4.69, 9.17) is 11.6 Å². The number of carbonyl (C=O) groups is 1. The van der Waals surface area contributed by atoms with Gasteiger partial charge in [-0.05, 0) is 26.7 Å². The van der Waals surface area contributed by atoms with E-state index >= 15 is 0 Å². The van der Waals surface area contributed by atoms with Gasteiger partial charge in [0.05, 0.1) is 10.7 Å². The first-order chi connectivity index (χ1) is 8.71. The molecule has 0 spiro atoms. The molecular formula is C11H13ClF3N3O. The van der Waals surface area contributed by atoms with Gasteiger partial charge in [-0.1, -0.05) is 11.6 Å². The molecule has 0 unspecified atom stereocenters. The molecule has 0 saturated heterocycles. The monoisotopic (exact) mass is 295 g/mol. The highest BCUT2D eigenvalue weighted by molar-refractivity contribution is 6.32. The SMILES string of the molecule is Cc1c(Cl)c(C(F)(F)F)nn1[C@@H](C)C(=O)NC1CC1. The third kappa shape index (κ3) is 2.86. The number of hydrogen-bond acceptors (Lipinski definition) is 2. The number of rotatable bonds is 3. The Morgan fingerprint density at radius 1 is 1.53 bits per heavy atom. The fraction of sp³-hybridized carbons (Fsp3) is 0.636. The lowest BCUT2D eigenvalue weighted by atomic mass is 10.3. The molecule has 2 rings (SSSR count). The molecule has 1 aliphatic carbocycles. The first-order valence-electron chi connectivity index (χ1n) is 5.84. The van der Waals surface area contributed by atoms with Crippen LogP contribution >= 0.6 is 11.6 Å². The van der Waals surface area contributed by atoms with Crippen molar-refractivity contribution in [2.24, 2.45) is 0 Å². The van der Waals surface area contributed by atoms with Gasteiger partial charge in [-0.3, -0.25) is 9.48 Å². The Bertz CT molecular complexity index is 508. The molecule has 4 nitrogen and oxygen atoms in total. The van der Waals surface area contributed by atoms with Crippen molar-refractivity contribution in [1.29, 1.82) is 0 Å². The molecule has 1 fully saturated rings. The van der Waals surface area contributed by atoms with Crippen molar-refractivity contribution in [3.05, 3.63) is 16.4 Å². The third-order valence-corrected chi connectivity index (χ3v) is 3.47. The maximum Gasteiger partial charge on any atom is 0.436 e. The number of aromatic nitrogens is 2. The molecular weight excluding hydrogens is 283 g/mol. The Hall–Kier alpha value is -1.24. The van der Waals surface area contributed by atoms with E-state index in [1.165, 1.54) is 13.8 Å². The van der Waals surface area contributed by atoms with Gasteiger partial charge in [0.2, 0.25) is 5.91 Å². The molecule has 1 amide bonds. The van der Waals surface area contributed by atoms with Crippen molar-refractivity contribution in [2.45, 2.75) is 44.9 Å². The minimum absolute atomic E-state index is 0.132. The fourth-order valence-corrected chi connectivity index (χ4v) is 1.95. The fourth-order valence-electron chi connectivity index (χ4n) is 1.72. The highest BCUT2D eigenvalue weighted by Crippen LogP contribution is 2.36. The van der Waals surface area contributed by atoms with Gasteiger partial charge in [0.25, 0.3) is 0 Å². The van der Waals surface area contributed by atoms with Crippen molar-refractivity contribution in [3.8, 4) is 0 Å². The van der Waals surface area contributed by atoms with Crippen LogP contribution in [0.5, 0.6) is 0 Å². The molecule has 1 N–H and O–H groups in total. The second-order valence-corrected chi connectivity index (χ2v) is 5.03. The molecule has 0 aliphatic heterocycles. The van der Waals surface area contributed by atoms with Gasteiger partial charge in [-0.2, -0.15) is 18.3 Å². The maximum absolute atomic E-state index is 12.7. The summed E-state index contributed by atoms with van der Waals surface area (Å²) in [6.45, 7) is 2.90. The van der Waals surface area contributed by atoms with Gasteiger partial charge >= 0.3 is 6.18 Å². The van der Waals surface area contributed by atoms with E-state index in [1.807, 2.05) is 0 Å². The Balaban J connectivity index is 2.26. The van der Waals surface area contributed by atoms with Gasteiger partial charge in [0.1, 0.15) is 6.04 Å². The van der Waals surface area contributed by atoms with E-state index < -0.39 is 22.9 Å². The summed E-state index contributed by atoms with van der Waals surface area (Å²) >= 11 is 5.63. The minimum atomic E-state index is -4.63. The van der Waals surface area contributed by atoms with Crippen molar-refractivity contribution in [2.75, 3.05) is 0 Å². The van der Waals surface area contributed by atoms with E-state index in [-0.39, 0.29) is 17.6 Å². The van der Waals surface area contributed by atoms with E-state index in [9.17, 15) is 18.0 Å². The first-order valence-corrected chi connectivity index (χ1v) is 6.21. The number of carbonyl (C=O) groups excluding carboxylic acids is 1. The van der Waals surface area contributed by atoms with Crippen LogP contribution in [0.3, 0.4) is 0 Å². The molecule has 1 saturated carbocycles. The number of alkyl halides is 3. The molecule has 8 heteroatoms. The predicted molar refractivity (Wildman–Crippen MR) is 62.9 cm³/mol. The van der Waals surface area contributed by atoms with Gasteiger partial charge in [-0.25, -0.2) is 0 Å². The molecule has 1 aromatic rings. The summed E-state index contributed by atoms with van der Waals surface area (Å²) in [5.41, 5.74) is -1.02. The van der Waals surface area contributed by atoms with Crippen molar-refractivity contribution < 1.29 is 18.0 Å². The Kier molecular flexibility index (Phi) is 3.51. The lowest BCUT2D eigenvalue weighted by molar-refractivity contribution is -0.141. The van der Waals surface area contributed by atoms with Gasteiger partial charge in [-0.15, -0.1) is 0 Å². The van der Waals surface area contributed by atoms with Gasteiger partial charge in [0.15, 0.2) is 5.69 Å². The predicted octanol–water partition coefficient (Wildman–Crippen LogP) is 2.70. The molecule has 0 aromatic carbocycles. The average molecular weight is 296 g/mol. The van der Waals surface area contributed by atoms with Gasteiger partial charge in [0, 0.05) is 6.04 Å². The van der Waals surface area contributed by atoms with E-state index in [0.717, 1.165) is 17.5 Å². The number of nitrogens with one attached hydrogen (secondary N) is 1. The summed E-state index contributed by atoms with van der Waals surface area (Å²) in [5, 5.41) is 5.69. The lowest BCUT2D eigenvalue weighted by Crippen LogP contribution is -2.33. The van der Waals surface area contributed by atoms with Crippen molar-refractivity contribution in [1.82, 2.24) is 15.1 Å². The zero-order valence-electron chi connectivity index (χ0n) is 10.4. The molecule has 19 heavy (non-hydrogen) atoms. The summed E-state index contributed by atoms with van der Waals surface area (Å²) in [6, 6.07) is -0.683. The third-order valence-electron chi connectivity index (χ3n) is 3.02. The molecule has 1 heterocycles. The minimum Gasteiger partial charge on any atom is -0.352 e. The lowest BCUT2D eigenvalue weighted by Gasteiger charge is -2.14. The topological polar surface area (TPSA) is 46.9 Å². The van der Waals surface area contributed by atoms with Crippen LogP contribution in [-0.2, 0) is 11.0 Å². The van der Waals surface area contributed by atoms with Crippen LogP contribution in [0.25, 0.3) is 0 Å². The quantitative estimate of drug-likeness (QED) is 0.932. The summed E-state index contributed by atoms with van der Waals surface area (Å²) in [7, 11) is 0. The number of hydrogen-bond donors (Lipinski definition) is 1. The number of amides is 1. The number of halogens is 4. The zero-order valence-corrected chi connectivity index (χ0v) is 11.1. The average Bonchev–Trinajstić information content (AvgIpc) is 3.05. The van der Waals surface area contributed by atoms with Crippen LogP contribution < -0.4 is 5.32 Å². The molecule has 1 aliphatic rings. The summed E-state index contributed by atoms with van der Waals surface area (Å²) in [5.74, 6) is -0.349. The molecule has 0 bridgehead atoms. The largest absolute Gasteiger partial charge is 0.436 e. The van der Waals surface area contributed by atoms with Crippen LogP contribution in [0, 0.1) is 6.92 Å². The summed E-state index contributed by atoms with van der Waals surface area (Å²) < 4.78 is 39.0.